The van der Waals surface area contributed by atoms with Crippen molar-refractivity contribution in [3.8, 4) is 0 Å². The minimum absolute atomic E-state index is 0.0755. The lowest BCUT2D eigenvalue weighted by Crippen LogP contribution is -2.60. The lowest BCUT2D eigenvalue weighted by molar-refractivity contribution is -0.143. The highest BCUT2D eigenvalue weighted by molar-refractivity contribution is 5.94. The molecule has 11 N–H and O–H groups in total. The lowest BCUT2D eigenvalue weighted by atomic mass is 10.0. The van der Waals surface area contributed by atoms with Crippen LogP contribution in [0.3, 0.4) is 0 Å². The molecule has 0 aliphatic rings. The normalized spacial score (nSPS) is 15.6. The van der Waals surface area contributed by atoms with E-state index in [0.717, 1.165) is 0 Å². The number of nitrogens with two attached hydrogens (primary N) is 3. The molecule has 13 nitrogen and oxygen atoms in total. The number of nitrogens with zero attached hydrogens (tertiary/aromatic N) is 1. The molecule has 3 amide bonds. The highest BCUT2D eigenvalue weighted by Crippen LogP contribution is 2.07. The Kier molecular flexibility index (Phi) is 13.8. The third-order valence-corrected chi connectivity index (χ3v) is 4.93. The molecule has 0 aromatic rings. The molecule has 34 heavy (non-hydrogen) atoms. The maximum Gasteiger partial charge on any atom is 0.326 e. The number of aliphatic carboxylic acids is 1. The van der Waals surface area contributed by atoms with Crippen molar-refractivity contribution in [2.24, 2.45) is 34.0 Å². The molecule has 0 rings (SSSR count). The Balaban J connectivity index is 5.54. The van der Waals surface area contributed by atoms with Gasteiger partial charge in [0.05, 0.1) is 12.1 Å². The van der Waals surface area contributed by atoms with E-state index in [4.69, 9.17) is 17.2 Å². The third kappa shape index (κ3) is 11.8. The molecule has 5 unspecified atom stereocenters. The SMILES string of the molecule is CC(C)CC(N)C(=O)NC(C(=O)NC(CCCN=C(N)N)C(=O)NC(C(=O)O)C(C)C)C(C)O. The predicted molar refractivity (Wildman–Crippen MR) is 127 cm³/mol. The van der Waals surface area contributed by atoms with Crippen LogP contribution in [0.5, 0.6) is 0 Å². The van der Waals surface area contributed by atoms with Gasteiger partial charge in [-0.2, -0.15) is 0 Å². The quantitative estimate of drug-likeness (QED) is 0.0722. The van der Waals surface area contributed by atoms with Crippen molar-refractivity contribution < 1.29 is 29.4 Å². The van der Waals surface area contributed by atoms with Crippen molar-refractivity contribution in [2.75, 3.05) is 6.54 Å². The van der Waals surface area contributed by atoms with E-state index in [1.165, 1.54) is 6.92 Å². The summed E-state index contributed by atoms with van der Waals surface area (Å²) in [5, 5.41) is 26.8. The molecule has 0 aliphatic heterocycles. The van der Waals surface area contributed by atoms with Crippen molar-refractivity contribution in [1.82, 2.24) is 16.0 Å². The number of guanidine groups is 1. The first-order valence-corrected chi connectivity index (χ1v) is 11.3. The Morgan fingerprint density at radius 1 is 0.882 bits per heavy atom. The highest BCUT2D eigenvalue weighted by atomic mass is 16.4. The van der Waals surface area contributed by atoms with Gasteiger partial charge in [-0.1, -0.05) is 27.7 Å². The van der Waals surface area contributed by atoms with Crippen LogP contribution < -0.4 is 33.2 Å². The number of aliphatic hydroxyl groups is 1. The molecule has 0 aromatic carbocycles. The molecule has 0 bridgehead atoms. The molecule has 0 aromatic heterocycles. The van der Waals surface area contributed by atoms with Crippen molar-refractivity contribution in [1.29, 1.82) is 0 Å². The number of hydrogen-bond donors (Lipinski definition) is 8. The number of carbonyl (C=O) groups excluding carboxylic acids is 3. The fourth-order valence-corrected chi connectivity index (χ4v) is 3.08. The highest BCUT2D eigenvalue weighted by Gasteiger charge is 2.33. The van der Waals surface area contributed by atoms with E-state index in [2.05, 4.69) is 20.9 Å². The Morgan fingerprint density at radius 2 is 1.44 bits per heavy atom. The number of aliphatic imine (C=N–C) groups is 1. The molecule has 0 aliphatic carbocycles. The van der Waals surface area contributed by atoms with E-state index in [9.17, 15) is 29.4 Å². The van der Waals surface area contributed by atoms with Gasteiger partial charge in [0, 0.05) is 6.54 Å². The maximum atomic E-state index is 12.9. The molecule has 0 saturated carbocycles. The van der Waals surface area contributed by atoms with Gasteiger partial charge in [-0.3, -0.25) is 19.4 Å². The fraction of sp³-hybridized carbons (Fsp3) is 0.762. The molecule has 0 saturated heterocycles. The predicted octanol–water partition coefficient (Wildman–Crippen LogP) is -2.01. The van der Waals surface area contributed by atoms with Gasteiger partial charge in [-0.15, -0.1) is 0 Å². The zero-order valence-corrected chi connectivity index (χ0v) is 20.6. The number of carbonyl (C=O) groups is 4. The van der Waals surface area contributed by atoms with Gasteiger partial charge >= 0.3 is 5.97 Å². The van der Waals surface area contributed by atoms with Crippen LogP contribution in [0.25, 0.3) is 0 Å². The van der Waals surface area contributed by atoms with Gasteiger partial charge < -0.3 is 43.4 Å². The summed E-state index contributed by atoms with van der Waals surface area (Å²) >= 11 is 0. The first-order chi connectivity index (χ1) is 15.7. The van der Waals surface area contributed by atoms with Crippen LogP contribution in [0.15, 0.2) is 4.99 Å². The van der Waals surface area contributed by atoms with Crippen LogP contribution in [-0.2, 0) is 19.2 Å². The summed E-state index contributed by atoms with van der Waals surface area (Å²) in [6.07, 6.45) is -0.545. The van der Waals surface area contributed by atoms with Crippen molar-refractivity contribution in [2.45, 2.75) is 84.2 Å². The Bertz CT molecular complexity index is 722. The molecule has 196 valence electrons. The molecule has 13 heteroatoms. The smallest absolute Gasteiger partial charge is 0.326 e. The first kappa shape index (κ1) is 31.1. The molecule has 0 radical (unpaired) electrons. The largest absolute Gasteiger partial charge is 0.480 e. The summed E-state index contributed by atoms with van der Waals surface area (Å²) in [6.45, 7) is 8.52. The fourth-order valence-electron chi connectivity index (χ4n) is 3.08. The lowest BCUT2D eigenvalue weighted by Gasteiger charge is -2.27. The third-order valence-electron chi connectivity index (χ3n) is 4.93. The van der Waals surface area contributed by atoms with Crippen LogP contribution >= 0.6 is 0 Å². The maximum absolute atomic E-state index is 12.9. The van der Waals surface area contributed by atoms with E-state index in [-0.39, 0.29) is 24.8 Å². The van der Waals surface area contributed by atoms with Crippen molar-refractivity contribution in [3.05, 3.63) is 0 Å². The molecular formula is C21H41N7O6. The second-order valence-electron chi connectivity index (χ2n) is 9.04. The summed E-state index contributed by atoms with van der Waals surface area (Å²) in [4.78, 5) is 53.4. The minimum Gasteiger partial charge on any atom is -0.480 e. The number of carboxylic acid groups (broad SMARTS) is 1. The van der Waals surface area contributed by atoms with Gasteiger partial charge in [0.1, 0.15) is 18.1 Å². The Morgan fingerprint density at radius 3 is 1.88 bits per heavy atom. The average Bonchev–Trinajstić information content (AvgIpc) is 2.70. The second kappa shape index (κ2) is 15.1. The van der Waals surface area contributed by atoms with Crippen molar-refractivity contribution in [3.63, 3.8) is 0 Å². The number of amides is 3. The van der Waals surface area contributed by atoms with Crippen molar-refractivity contribution >= 4 is 29.7 Å². The summed E-state index contributed by atoms with van der Waals surface area (Å²) < 4.78 is 0. The number of hydrogen-bond acceptors (Lipinski definition) is 7. The Labute approximate surface area is 200 Å². The van der Waals surface area contributed by atoms with E-state index in [1.807, 2.05) is 13.8 Å². The second-order valence-corrected chi connectivity index (χ2v) is 9.04. The summed E-state index contributed by atoms with van der Waals surface area (Å²) in [5.41, 5.74) is 16.4. The van der Waals surface area contributed by atoms with Crippen LogP contribution in [0.2, 0.25) is 0 Å². The van der Waals surface area contributed by atoms with Crippen LogP contribution in [-0.4, -0.2) is 76.7 Å². The van der Waals surface area contributed by atoms with Crippen LogP contribution in [0.1, 0.15) is 53.9 Å². The molecule has 0 spiro atoms. The van der Waals surface area contributed by atoms with Crippen LogP contribution in [0.4, 0.5) is 0 Å². The van der Waals surface area contributed by atoms with E-state index >= 15 is 0 Å². The van der Waals surface area contributed by atoms with Gasteiger partial charge in [0.2, 0.25) is 17.7 Å². The standard InChI is InChI=1S/C21H41N7O6/c1-10(2)9-13(22)17(30)28-16(12(5)29)19(32)26-14(7-6-8-25-21(23)24)18(31)27-15(11(3)4)20(33)34/h10-16,29H,6-9,22H2,1-5H3,(H,26,32)(H,27,31)(H,28,30)(H,33,34)(H4,23,24,25). The van der Waals surface area contributed by atoms with Crippen LogP contribution in [0, 0.1) is 11.8 Å². The van der Waals surface area contributed by atoms with Gasteiger partial charge in [0.15, 0.2) is 5.96 Å². The Hall–Kier alpha value is -2.93. The zero-order valence-electron chi connectivity index (χ0n) is 20.6. The number of rotatable bonds is 15. The van der Waals surface area contributed by atoms with Gasteiger partial charge in [-0.05, 0) is 38.0 Å². The topological polar surface area (TPSA) is 235 Å². The average molecular weight is 488 g/mol. The monoisotopic (exact) mass is 487 g/mol. The molecule has 0 heterocycles. The van der Waals surface area contributed by atoms with E-state index < -0.39 is 59.9 Å². The molecule has 0 fully saturated rings. The summed E-state index contributed by atoms with van der Waals surface area (Å²) in [7, 11) is 0. The first-order valence-electron chi connectivity index (χ1n) is 11.3. The number of carboxylic acids is 1. The zero-order chi connectivity index (χ0) is 26.6. The number of aliphatic hydroxyl groups excluding tert-OH is 1. The summed E-state index contributed by atoms with van der Waals surface area (Å²) in [6, 6.07) is -4.59. The summed E-state index contributed by atoms with van der Waals surface area (Å²) in [5.74, 6) is -3.79. The van der Waals surface area contributed by atoms with Gasteiger partial charge in [0.25, 0.3) is 0 Å². The van der Waals surface area contributed by atoms with E-state index in [1.54, 1.807) is 13.8 Å². The molecule has 5 atom stereocenters. The number of nitrogens with one attached hydrogen (secondary N) is 3. The van der Waals surface area contributed by atoms with Gasteiger partial charge in [-0.25, -0.2) is 4.79 Å². The van der Waals surface area contributed by atoms with E-state index in [0.29, 0.717) is 12.8 Å². The molecular weight excluding hydrogens is 446 g/mol. The minimum atomic E-state index is -1.38.